The smallest absolute Gasteiger partial charge is 0.233 e. The summed E-state index contributed by atoms with van der Waals surface area (Å²) in [4.78, 5) is 15.0. The Hall–Kier alpha value is -0.960. The maximum absolute atomic E-state index is 12.8. The Morgan fingerprint density at radius 2 is 1.95 bits per heavy atom. The van der Waals surface area contributed by atoms with Gasteiger partial charge in [0.1, 0.15) is 0 Å². The molecule has 1 saturated carbocycles. The zero-order valence-corrected chi connectivity index (χ0v) is 14.1. The molecule has 0 heterocycles. The Morgan fingerprint density at radius 3 is 2.62 bits per heavy atom. The molecule has 2 aliphatic carbocycles. The van der Waals surface area contributed by atoms with Gasteiger partial charge in [0.15, 0.2) is 0 Å². The van der Waals surface area contributed by atoms with Gasteiger partial charge < -0.3 is 4.90 Å². The minimum Gasteiger partial charge on any atom is -0.332 e. The first-order valence-corrected chi connectivity index (χ1v) is 8.97. The van der Waals surface area contributed by atoms with E-state index in [1.807, 2.05) is 0 Å². The minimum absolute atomic E-state index is 0.151. The normalized spacial score (nSPS) is 21.2. The van der Waals surface area contributed by atoms with E-state index in [-0.39, 0.29) is 4.75 Å². The van der Waals surface area contributed by atoms with Crippen molar-refractivity contribution >= 4 is 17.7 Å². The van der Waals surface area contributed by atoms with Gasteiger partial charge in [-0.25, -0.2) is 0 Å². The largest absolute Gasteiger partial charge is 0.332 e. The molecule has 1 aromatic rings. The van der Waals surface area contributed by atoms with E-state index in [2.05, 4.69) is 49.9 Å². The quantitative estimate of drug-likeness (QED) is 0.831. The van der Waals surface area contributed by atoms with Gasteiger partial charge in [-0.05, 0) is 36.8 Å². The molecule has 2 nitrogen and oxygen atoms in total. The van der Waals surface area contributed by atoms with Crippen molar-refractivity contribution in [1.29, 1.82) is 0 Å². The number of aryl methyl sites for hydroxylation is 1. The van der Waals surface area contributed by atoms with E-state index in [1.165, 1.54) is 24.0 Å². The maximum Gasteiger partial charge on any atom is 0.233 e. The van der Waals surface area contributed by atoms with Crippen LogP contribution in [0.1, 0.15) is 57.2 Å². The third-order valence-electron chi connectivity index (χ3n) is 4.29. The highest BCUT2D eigenvalue weighted by Gasteiger charge is 2.40. The van der Waals surface area contributed by atoms with E-state index in [0.29, 0.717) is 23.7 Å². The second-order valence-corrected chi connectivity index (χ2v) is 8.99. The minimum atomic E-state index is 0.151. The number of thioether (sulfide) groups is 1. The summed E-state index contributed by atoms with van der Waals surface area (Å²) in [6, 6.07) is 9.47. The summed E-state index contributed by atoms with van der Waals surface area (Å²) in [5, 5.41) is 0. The van der Waals surface area contributed by atoms with E-state index in [0.717, 1.165) is 12.8 Å². The summed E-state index contributed by atoms with van der Waals surface area (Å²) in [6.45, 7) is 6.53. The van der Waals surface area contributed by atoms with Crippen LogP contribution >= 0.6 is 11.8 Å². The highest BCUT2D eigenvalue weighted by molar-refractivity contribution is 8.01. The zero-order valence-electron chi connectivity index (χ0n) is 13.3. The summed E-state index contributed by atoms with van der Waals surface area (Å²) in [5.74, 6) is 0.942. The lowest BCUT2D eigenvalue weighted by Crippen LogP contribution is -2.37. The number of hydrogen-bond acceptors (Lipinski definition) is 2. The first-order chi connectivity index (χ1) is 9.96. The molecule has 2 aliphatic rings. The average molecular weight is 303 g/mol. The van der Waals surface area contributed by atoms with Crippen molar-refractivity contribution in [2.75, 3.05) is 5.75 Å². The molecule has 0 unspecified atom stereocenters. The van der Waals surface area contributed by atoms with Gasteiger partial charge in [0.25, 0.3) is 0 Å². The molecule has 1 aromatic carbocycles. The van der Waals surface area contributed by atoms with E-state index in [4.69, 9.17) is 0 Å². The van der Waals surface area contributed by atoms with Crippen LogP contribution in [0, 0.1) is 0 Å². The van der Waals surface area contributed by atoms with Gasteiger partial charge in [0.05, 0.1) is 11.8 Å². The van der Waals surface area contributed by atoms with E-state index >= 15 is 0 Å². The Morgan fingerprint density at radius 1 is 1.24 bits per heavy atom. The SMILES string of the molecule is CC(C)(C)SCC(=O)N(C1CC1)[C@@H]1CCc2ccccc21. The molecule has 0 aliphatic heterocycles. The summed E-state index contributed by atoms with van der Waals surface area (Å²) >= 11 is 1.76. The Balaban J connectivity index is 1.75. The molecular formula is C18H25NOS. The second-order valence-electron chi connectivity index (χ2n) is 7.19. The van der Waals surface area contributed by atoms with Gasteiger partial charge in [0.2, 0.25) is 5.91 Å². The molecule has 0 spiro atoms. The fraction of sp³-hybridized carbons (Fsp3) is 0.611. The lowest BCUT2D eigenvalue weighted by Gasteiger charge is -2.31. The van der Waals surface area contributed by atoms with E-state index in [9.17, 15) is 4.79 Å². The number of amides is 1. The van der Waals surface area contributed by atoms with Gasteiger partial charge in [-0.2, -0.15) is 0 Å². The Kier molecular flexibility index (Phi) is 4.04. The van der Waals surface area contributed by atoms with Gasteiger partial charge in [-0.15, -0.1) is 11.8 Å². The highest BCUT2D eigenvalue weighted by Crippen LogP contribution is 2.42. The lowest BCUT2D eigenvalue weighted by atomic mass is 10.1. The summed E-state index contributed by atoms with van der Waals surface area (Å²) in [6.07, 6.45) is 4.58. The number of fused-ring (bicyclic) bond motifs is 1. The predicted molar refractivity (Wildman–Crippen MR) is 89.6 cm³/mol. The van der Waals surface area contributed by atoms with Crippen molar-refractivity contribution < 1.29 is 4.79 Å². The molecular weight excluding hydrogens is 278 g/mol. The molecule has 0 radical (unpaired) electrons. The second kappa shape index (κ2) is 5.68. The fourth-order valence-electron chi connectivity index (χ4n) is 3.16. The zero-order chi connectivity index (χ0) is 15.0. The van der Waals surface area contributed by atoms with Crippen LogP contribution in [0.15, 0.2) is 24.3 Å². The fourth-order valence-corrected chi connectivity index (χ4v) is 3.87. The highest BCUT2D eigenvalue weighted by atomic mass is 32.2. The van der Waals surface area contributed by atoms with Crippen molar-refractivity contribution in [3.8, 4) is 0 Å². The monoisotopic (exact) mass is 303 g/mol. The molecule has 1 amide bonds. The van der Waals surface area contributed by atoms with Gasteiger partial charge >= 0.3 is 0 Å². The molecule has 1 atom stereocenters. The third-order valence-corrected chi connectivity index (χ3v) is 5.55. The summed E-state index contributed by atoms with van der Waals surface area (Å²) in [7, 11) is 0. The molecule has 0 aromatic heterocycles. The average Bonchev–Trinajstić information content (AvgIpc) is 3.17. The molecule has 0 saturated heterocycles. The van der Waals surface area contributed by atoms with Crippen LogP contribution in [-0.2, 0) is 11.2 Å². The summed E-state index contributed by atoms with van der Waals surface area (Å²) in [5.41, 5.74) is 2.82. The number of carbonyl (C=O) groups excluding carboxylic acids is 1. The van der Waals surface area contributed by atoms with Crippen molar-refractivity contribution in [2.24, 2.45) is 0 Å². The molecule has 21 heavy (non-hydrogen) atoms. The Labute approximate surface area is 132 Å². The van der Waals surface area contributed by atoms with Crippen LogP contribution in [0.25, 0.3) is 0 Å². The van der Waals surface area contributed by atoms with Crippen LogP contribution in [-0.4, -0.2) is 27.3 Å². The van der Waals surface area contributed by atoms with Gasteiger partial charge in [0, 0.05) is 10.8 Å². The number of carbonyl (C=O) groups is 1. The van der Waals surface area contributed by atoms with Crippen molar-refractivity contribution in [1.82, 2.24) is 4.90 Å². The number of nitrogens with zero attached hydrogens (tertiary/aromatic N) is 1. The van der Waals surface area contributed by atoms with Crippen LogP contribution in [0.5, 0.6) is 0 Å². The van der Waals surface area contributed by atoms with Gasteiger partial charge in [-0.3, -0.25) is 4.79 Å². The molecule has 0 bridgehead atoms. The molecule has 1 fully saturated rings. The van der Waals surface area contributed by atoms with Crippen LogP contribution in [0.3, 0.4) is 0 Å². The number of benzene rings is 1. The van der Waals surface area contributed by atoms with Crippen molar-refractivity contribution in [2.45, 2.75) is 63.3 Å². The first kappa shape index (κ1) is 15.0. The predicted octanol–water partition coefficient (Wildman–Crippen LogP) is 4.20. The number of rotatable bonds is 4. The lowest BCUT2D eigenvalue weighted by molar-refractivity contribution is -0.131. The van der Waals surface area contributed by atoms with Crippen molar-refractivity contribution in [3.63, 3.8) is 0 Å². The third kappa shape index (κ3) is 3.45. The van der Waals surface area contributed by atoms with Crippen LogP contribution in [0.2, 0.25) is 0 Å². The van der Waals surface area contributed by atoms with E-state index < -0.39 is 0 Å². The molecule has 0 N–H and O–H groups in total. The molecule has 3 heteroatoms. The van der Waals surface area contributed by atoms with E-state index in [1.54, 1.807) is 11.8 Å². The van der Waals surface area contributed by atoms with Crippen LogP contribution in [0.4, 0.5) is 0 Å². The van der Waals surface area contributed by atoms with Crippen LogP contribution < -0.4 is 0 Å². The number of hydrogen-bond donors (Lipinski definition) is 0. The topological polar surface area (TPSA) is 20.3 Å². The summed E-state index contributed by atoms with van der Waals surface area (Å²) < 4.78 is 0.151. The maximum atomic E-state index is 12.8. The standard InChI is InChI=1S/C18H25NOS/c1-18(2,3)21-12-17(20)19(14-9-10-14)16-11-8-13-6-4-5-7-15(13)16/h4-7,14,16H,8-12H2,1-3H3/t16-/m1/s1. The van der Waals surface area contributed by atoms with Crippen molar-refractivity contribution in [3.05, 3.63) is 35.4 Å². The van der Waals surface area contributed by atoms with Gasteiger partial charge in [-0.1, -0.05) is 45.0 Å². The first-order valence-electron chi connectivity index (χ1n) is 7.98. The molecule has 114 valence electrons. The Bertz CT molecular complexity index is 530. The molecule has 3 rings (SSSR count).